The number of hydrogen-bond donors (Lipinski definition) is 3. The summed E-state index contributed by atoms with van der Waals surface area (Å²) < 4.78 is 13.5. The fourth-order valence-electron chi connectivity index (χ4n) is 3.28. The first kappa shape index (κ1) is 18.6. The summed E-state index contributed by atoms with van der Waals surface area (Å²) in [4.78, 5) is 34.4. The Morgan fingerprint density at radius 1 is 1.24 bits per heavy atom. The Morgan fingerprint density at radius 3 is 2.76 bits per heavy atom. The normalized spacial score (nSPS) is 13.8. The van der Waals surface area contributed by atoms with Crippen LogP contribution in [0.3, 0.4) is 0 Å². The molecule has 3 amide bonds. The number of nitrogens with two attached hydrogens (primary N) is 1. The van der Waals surface area contributed by atoms with Crippen LogP contribution in [0, 0.1) is 5.82 Å². The minimum atomic E-state index is -0.366. The zero-order valence-electron chi connectivity index (χ0n) is 15.6. The molecule has 148 valence electrons. The number of amides is 3. The van der Waals surface area contributed by atoms with Crippen molar-refractivity contribution >= 4 is 28.7 Å². The summed E-state index contributed by atoms with van der Waals surface area (Å²) in [5.74, 6) is -0.497. The molecule has 0 unspecified atom stereocenters. The first-order valence-corrected chi connectivity index (χ1v) is 9.05. The van der Waals surface area contributed by atoms with Crippen LogP contribution in [-0.4, -0.2) is 53.0 Å². The van der Waals surface area contributed by atoms with Crippen molar-refractivity contribution < 1.29 is 14.0 Å². The van der Waals surface area contributed by atoms with Crippen LogP contribution >= 0.6 is 0 Å². The number of nitrogens with zero attached hydrogens (tertiary/aromatic N) is 3. The SMILES string of the molecule is CNC(=O)N1CC(NC(=O)c2cnc(N)c3nc(-c4cccc(F)c4)ccc23)C1. The molecule has 1 saturated heterocycles. The van der Waals surface area contributed by atoms with E-state index in [1.165, 1.54) is 18.3 Å². The van der Waals surface area contributed by atoms with Crippen molar-refractivity contribution in [1.82, 2.24) is 25.5 Å². The lowest BCUT2D eigenvalue weighted by molar-refractivity contribution is 0.0857. The van der Waals surface area contributed by atoms with E-state index in [2.05, 4.69) is 20.6 Å². The molecule has 0 spiro atoms. The highest BCUT2D eigenvalue weighted by molar-refractivity contribution is 6.08. The third kappa shape index (κ3) is 3.54. The molecule has 0 aliphatic carbocycles. The van der Waals surface area contributed by atoms with Gasteiger partial charge in [-0.2, -0.15) is 0 Å². The van der Waals surface area contributed by atoms with Crippen molar-refractivity contribution in [3.8, 4) is 11.3 Å². The van der Waals surface area contributed by atoms with Gasteiger partial charge in [0.05, 0.1) is 17.3 Å². The van der Waals surface area contributed by atoms with E-state index in [9.17, 15) is 14.0 Å². The Hall–Kier alpha value is -3.75. The summed E-state index contributed by atoms with van der Waals surface area (Å²) in [5, 5.41) is 5.99. The maximum atomic E-state index is 13.5. The number of hydrogen-bond acceptors (Lipinski definition) is 5. The van der Waals surface area contributed by atoms with Crippen LogP contribution in [0.25, 0.3) is 22.2 Å². The second-order valence-electron chi connectivity index (χ2n) is 6.79. The molecule has 3 heterocycles. The second kappa shape index (κ2) is 7.34. The number of urea groups is 1. The predicted octanol–water partition coefficient (Wildman–Crippen LogP) is 1.77. The van der Waals surface area contributed by atoms with E-state index >= 15 is 0 Å². The molecule has 1 aromatic carbocycles. The van der Waals surface area contributed by atoms with Crippen LogP contribution in [-0.2, 0) is 0 Å². The molecule has 4 rings (SSSR count). The minimum Gasteiger partial charge on any atom is -0.382 e. The zero-order valence-corrected chi connectivity index (χ0v) is 15.6. The molecule has 1 fully saturated rings. The second-order valence-corrected chi connectivity index (χ2v) is 6.79. The lowest BCUT2D eigenvalue weighted by atomic mass is 10.1. The molecule has 4 N–H and O–H groups in total. The van der Waals surface area contributed by atoms with E-state index in [0.717, 1.165) is 0 Å². The molecule has 2 aromatic heterocycles. The third-order valence-electron chi connectivity index (χ3n) is 4.84. The minimum absolute atomic E-state index is 0.132. The van der Waals surface area contributed by atoms with Gasteiger partial charge in [-0.15, -0.1) is 0 Å². The summed E-state index contributed by atoms with van der Waals surface area (Å²) in [6, 6.07) is 9.21. The van der Waals surface area contributed by atoms with Crippen molar-refractivity contribution in [3.05, 3.63) is 54.0 Å². The van der Waals surface area contributed by atoms with E-state index in [1.807, 2.05) is 0 Å². The smallest absolute Gasteiger partial charge is 0.317 e. The average Bonchev–Trinajstić information content (AvgIpc) is 2.70. The van der Waals surface area contributed by atoms with Crippen LogP contribution < -0.4 is 16.4 Å². The Morgan fingerprint density at radius 2 is 2.03 bits per heavy atom. The summed E-state index contributed by atoms with van der Waals surface area (Å²) in [6.45, 7) is 0.876. The van der Waals surface area contributed by atoms with Gasteiger partial charge in [0.2, 0.25) is 0 Å². The number of likely N-dealkylation sites (tertiary alicyclic amines) is 1. The molecule has 9 heteroatoms. The molecule has 0 bridgehead atoms. The number of fused-ring (bicyclic) bond motifs is 1. The van der Waals surface area contributed by atoms with E-state index in [1.54, 1.807) is 36.2 Å². The maximum absolute atomic E-state index is 13.5. The highest BCUT2D eigenvalue weighted by Crippen LogP contribution is 2.26. The quantitative estimate of drug-likeness (QED) is 0.627. The van der Waals surface area contributed by atoms with E-state index in [4.69, 9.17) is 5.73 Å². The van der Waals surface area contributed by atoms with Gasteiger partial charge in [-0.05, 0) is 24.3 Å². The Labute approximate surface area is 165 Å². The number of anilines is 1. The summed E-state index contributed by atoms with van der Waals surface area (Å²) in [6.07, 6.45) is 1.41. The molecule has 0 atom stereocenters. The van der Waals surface area contributed by atoms with E-state index in [0.29, 0.717) is 40.8 Å². The standard InChI is InChI=1S/C20H19FN6O2/c1-23-20(29)27-9-13(10-27)25-19(28)15-8-24-18(22)17-14(15)5-6-16(26-17)11-3-2-4-12(21)7-11/h2-8,13H,9-10H2,1H3,(H2,22,24)(H,23,29)(H,25,28). The van der Waals surface area contributed by atoms with Crippen LogP contribution in [0.5, 0.6) is 0 Å². The van der Waals surface area contributed by atoms with Crippen LogP contribution in [0.4, 0.5) is 15.0 Å². The Bertz CT molecular complexity index is 1110. The van der Waals surface area contributed by atoms with Crippen LogP contribution in [0.2, 0.25) is 0 Å². The van der Waals surface area contributed by atoms with Gasteiger partial charge in [-0.25, -0.2) is 19.2 Å². The number of rotatable bonds is 3. The number of nitrogen functional groups attached to an aromatic ring is 1. The number of carbonyl (C=O) groups excluding carboxylic acids is 2. The van der Waals surface area contributed by atoms with Crippen molar-refractivity contribution in [3.63, 3.8) is 0 Å². The van der Waals surface area contributed by atoms with Gasteiger partial charge in [-0.3, -0.25) is 4.79 Å². The molecule has 0 saturated carbocycles. The third-order valence-corrected chi connectivity index (χ3v) is 4.84. The predicted molar refractivity (Wildman–Crippen MR) is 107 cm³/mol. The highest BCUT2D eigenvalue weighted by atomic mass is 19.1. The molecule has 8 nitrogen and oxygen atoms in total. The number of aromatic nitrogens is 2. The van der Waals surface area contributed by atoms with Crippen molar-refractivity contribution in [2.75, 3.05) is 25.9 Å². The number of carbonyl (C=O) groups is 2. The summed E-state index contributed by atoms with van der Waals surface area (Å²) in [5.41, 5.74) is 7.82. The largest absolute Gasteiger partial charge is 0.382 e. The first-order valence-electron chi connectivity index (χ1n) is 9.05. The first-order chi connectivity index (χ1) is 14.0. The van der Waals surface area contributed by atoms with Crippen molar-refractivity contribution in [2.24, 2.45) is 0 Å². The summed E-state index contributed by atoms with van der Waals surface area (Å²) >= 11 is 0. The molecular formula is C20H19FN6O2. The maximum Gasteiger partial charge on any atom is 0.317 e. The molecular weight excluding hydrogens is 375 g/mol. The van der Waals surface area contributed by atoms with Gasteiger partial charge < -0.3 is 21.3 Å². The molecule has 1 aliphatic rings. The van der Waals surface area contributed by atoms with Gasteiger partial charge in [0.1, 0.15) is 17.2 Å². The molecule has 29 heavy (non-hydrogen) atoms. The van der Waals surface area contributed by atoms with Crippen LogP contribution in [0.1, 0.15) is 10.4 Å². The topological polar surface area (TPSA) is 113 Å². The number of pyridine rings is 2. The average molecular weight is 394 g/mol. The van der Waals surface area contributed by atoms with Gasteiger partial charge in [-0.1, -0.05) is 12.1 Å². The lowest BCUT2D eigenvalue weighted by Crippen LogP contribution is -2.62. The number of benzene rings is 1. The Balaban J connectivity index is 1.60. The Kier molecular flexibility index (Phi) is 4.71. The highest BCUT2D eigenvalue weighted by Gasteiger charge is 2.31. The number of nitrogens with one attached hydrogen (secondary N) is 2. The van der Waals surface area contributed by atoms with Crippen molar-refractivity contribution in [1.29, 1.82) is 0 Å². The van der Waals surface area contributed by atoms with Crippen molar-refractivity contribution in [2.45, 2.75) is 6.04 Å². The van der Waals surface area contributed by atoms with Gasteiger partial charge in [0.15, 0.2) is 0 Å². The zero-order chi connectivity index (χ0) is 20.5. The molecule has 3 aromatic rings. The fraction of sp³-hybridized carbons (Fsp3) is 0.200. The molecule has 0 radical (unpaired) electrons. The van der Waals surface area contributed by atoms with Crippen LogP contribution in [0.15, 0.2) is 42.6 Å². The van der Waals surface area contributed by atoms with E-state index in [-0.39, 0.29) is 29.6 Å². The van der Waals surface area contributed by atoms with Gasteiger partial charge >= 0.3 is 6.03 Å². The summed E-state index contributed by atoms with van der Waals surface area (Å²) in [7, 11) is 1.56. The molecule has 1 aliphatic heterocycles. The van der Waals surface area contributed by atoms with Gasteiger partial charge in [0.25, 0.3) is 5.91 Å². The van der Waals surface area contributed by atoms with Gasteiger partial charge in [0, 0.05) is 37.3 Å². The number of halogens is 1. The monoisotopic (exact) mass is 394 g/mol. The lowest BCUT2D eigenvalue weighted by Gasteiger charge is -2.39. The van der Waals surface area contributed by atoms with E-state index < -0.39 is 0 Å². The fourth-order valence-corrected chi connectivity index (χ4v) is 3.28.